The summed E-state index contributed by atoms with van der Waals surface area (Å²) in [7, 11) is -3.68. The molecule has 0 saturated carbocycles. The minimum Gasteiger partial charge on any atom is -0.224 e. The SMILES string of the molecule is N#CC(Cl)(Cl)CS(=O)(=O)c1ccc(CCl)cc1. The van der Waals surface area contributed by atoms with E-state index in [0.717, 1.165) is 5.56 Å². The molecule has 0 saturated heterocycles. The zero-order valence-corrected chi connectivity index (χ0v) is 11.6. The first kappa shape index (κ1) is 14.6. The van der Waals surface area contributed by atoms with Gasteiger partial charge in [-0.15, -0.1) is 11.6 Å². The van der Waals surface area contributed by atoms with Crippen LogP contribution in [0.2, 0.25) is 0 Å². The molecule has 92 valence electrons. The Morgan fingerprint density at radius 2 is 1.76 bits per heavy atom. The van der Waals surface area contributed by atoms with Crippen LogP contribution in [0.1, 0.15) is 5.56 Å². The highest BCUT2D eigenvalue weighted by Gasteiger charge is 2.32. The van der Waals surface area contributed by atoms with E-state index in [-0.39, 0.29) is 4.90 Å². The Kier molecular flexibility index (Phi) is 4.68. The number of nitrogens with zero attached hydrogens (tertiary/aromatic N) is 1. The fraction of sp³-hybridized carbons (Fsp3) is 0.300. The van der Waals surface area contributed by atoms with Crippen molar-refractivity contribution in [2.75, 3.05) is 5.75 Å². The summed E-state index contributed by atoms with van der Waals surface area (Å²) in [5.41, 5.74) is 0.800. The standard InChI is InChI=1S/C10H8Cl3NO2S/c11-5-8-1-3-9(4-2-8)17(15,16)7-10(12,13)6-14/h1-4H,5,7H2. The predicted octanol–water partition coefficient (Wildman–Crippen LogP) is 2.90. The van der Waals surface area contributed by atoms with Crippen LogP contribution in [-0.4, -0.2) is 18.5 Å². The van der Waals surface area contributed by atoms with Gasteiger partial charge in [0, 0.05) is 5.88 Å². The molecule has 0 bridgehead atoms. The fourth-order valence-corrected chi connectivity index (χ4v) is 3.44. The molecule has 0 amide bonds. The van der Waals surface area contributed by atoms with Gasteiger partial charge in [0.05, 0.1) is 4.90 Å². The third-order valence-corrected chi connectivity index (χ3v) is 4.84. The molecule has 1 aromatic carbocycles. The number of alkyl halides is 3. The van der Waals surface area contributed by atoms with Gasteiger partial charge in [-0.1, -0.05) is 35.3 Å². The first-order valence-electron chi connectivity index (χ1n) is 4.47. The second-order valence-electron chi connectivity index (χ2n) is 3.35. The quantitative estimate of drug-likeness (QED) is 0.803. The van der Waals surface area contributed by atoms with Crippen molar-refractivity contribution < 1.29 is 8.42 Å². The van der Waals surface area contributed by atoms with E-state index in [9.17, 15) is 8.42 Å². The van der Waals surface area contributed by atoms with E-state index in [1.54, 1.807) is 12.1 Å². The van der Waals surface area contributed by atoms with Crippen molar-refractivity contribution in [1.82, 2.24) is 0 Å². The number of sulfone groups is 1. The lowest BCUT2D eigenvalue weighted by molar-refractivity contribution is 0.595. The molecule has 0 aliphatic rings. The zero-order chi connectivity index (χ0) is 13.1. The summed E-state index contributed by atoms with van der Waals surface area (Å²) in [5.74, 6) is -0.354. The molecule has 0 heterocycles. The van der Waals surface area contributed by atoms with Gasteiger partial charge in [0.15, 0.2) is 9.84 Å². The summed E-state index contributed by atoms with van der Waals surface area (Å²) >= 11 is 16.6. The molecule has 0 spiro atoms. The van der Waals surface area contributed by atoms with Crippen molar-refractivity contribution in [3.63, 3.8) is 0 Å². The van der Waals surface area contributed by atoms with Crippen LogP contribution in [0.25, 0.3) is 0 Å². The highest BCUT2D eigenvalue weighted by atomic mass is 35.5. The maximum absolute atomic E-state index is 11.9. The van der Waals surface area contributed by atoms with Crippen LogP contribution in [0.3, 0.4) is 0 Å². The Hall–Kier alpha value is -0.470. The molecule has 0 atom stereocenters. The Morgan fingerprint density at radius 1 is 1.24 bits per heavy atom. The maximum atomic E-state index is 11.9. The molecule has 7 heteroatoms. The Morgan fingerprint density at radius 3 is 2.18 bits per heavy atom. The van der Waals surface area contributed by atoms with Crippen LogP contribution in [0.4, 0.5) is 0 Å². The van der Waals surface area contributed by atoms with E-state index in [1.807, 2.05) is 0 Å². The molecular formula is C10H8Cl3NO2S. The molecule has 0 radical (unpaired) electrons. The summed E-state index contributed by atoms with van der Waals surface area (Å²) in [6.07, 6.45) is 0. The lowest BCUT2D eigenvalue weighted by atomic mass is 10.2. The van der Waals surface area contributed by atoms with E-state index in [4.69, 9.17) is 40.1 Å². The average Bonchev–Trinajstić information content (AvgIpc) is 2.28. The van der Waals surface area contributed by atoms with Gasteiger partial charge in [-0.2, -0.15) is 5.26 Å². The molecule has 0 fully saturated rings. The summed E-state index contributed by atoms with van der Waals surface area (Å²) in [6.45, 7) is 0. The third-order valence-electron chi connectivity index (χ3n) is 1.97. The third kappa shape index (κ3) is 4.04. The first-order chi connectivity index (χ1) is 7.80. The first-order valence-corrected chi connectivity index (χ1v) is 7.42. The summed E-state index contributed by atoms with van der Waals surface area (Å²) < 4.78 is 21.8. The van der Waals surface area contributed by atoms with Gasteiger partial charge < -0.3 is 0 Å². The monoisotopic (exact) mass is 311 g/mol. The Balaban J connectivity index is 3.02. The van der Waals surface area contributed by atoms with Gasteiger partial charge in [-0.25, -0.2) is 8.42 Å². The highest BCUT2D eigenvalue weighted by molar-refractivity contribution is 7.91. The molecule has 1 aromatic rings. The summed E-state index contributed by atoms with van der Waals surface area (Å²) in [5, 5.41) is 8.59. The van der Waals surface area contributed by atoms with Crippen LogP contribution in [0, 0.1) is 11.3 Å². The van der Waals surface area contributed by atoms with Gasteiger partial charge >= 0.3 is 0 Å². The zero-order valence-electron chi connectivity index (χ0n) is 8.53. The van der Waals surface area contributed by atoms with Gasteiger partial charge in [-0.05, 0) is 17.7 Å². The number of halogens is 3. The second kappa shape index (κ2) is 5.45. The van der Waals surface area contributed by atoms with Crippen molar-refractivity contribution in [3.05, 3.63) is 29.8 Å². The number of nitriles is 1. The largest absolute Gasteiger partial charge is 0.224 e. The number of hydrogen-bond donors (Lipinski definition) is 0. The normalized spacial score (nSPS) is 12.1. The molecule has 17 heavy (non-hydrogen) atoms. The topological polar surface area (TPSA) is 57.9 Å². The average molecular weight is 313 g/mol. The van der Waals surface area contributed by atoms with Crippen molar-refractivity contribution in [2.24, 2.45) is 0 Å². The summed E-state index contributed by atoms with van der Waals surface area (Å²) in [4.78, 5) is 0.0623. The lowest BCUT2D eigenvalue weighted by Crippen LogP contribution is -2.23. The summed E-state index contributed by atoms with van der Waals surface area (Å²) in [6, 6.07) is 7.53. The smallest absolute Gasteiger partial charge is 0.217 e. The van der Waals surface area contributed by atoms with Crippen LogP contribution in [0.5, 0.6) is 0 Å². The minimum absolute atomic E-state index is 0.0623. The van der Waals surface area contributed by atoms with Gasteiger partial charge in [0.2, 0.25) is 4.33 Å². The Bertz CT molecular complexity index is 532. The van der Waals surface area contributed by atoms with E-state index >= 15 is 0 Å². The molecule has 1 rings (SSSR count). The number of benzene rings is 1. The minimum atomic E-state index is -3.68. The van der Waals surface area contributed by atoms with Gasteiger partial charge in [-0.3, -0.25) is 0 Å². The molecule has 3 nitrogen and oxygen atoms in total. The van der Waals surface area contributed by atoms with Crippen molar-refractivity contribution in [3.8, 4) is 6.07 Å². The molecule has 0 N–H and O–H groups in total. The molecule has 0 unspecified atom stereocenters. The lowest BCUT2D eigenvalue weighted by Gasteiger charge is -2.11. The van der Waals surface area contributed by atoms with Crippen LogP contribution in [0.15, 0.2) is 29.2 Å². The highest BCUT2D eigenvalue weighted by Crippen LogP contribution is 2.25. The molecule has 0 aliphatic heterocycles. The fourth-order valence-electron chi connectivity index (χ4n) is 1.14. The van der Waals surface area contributed by atoms with E-state index in [1.165, 1.54) is 18.2 Å². The van der Waals surface area contributed by atoms with E-state index in [0.29, 0.717) is 5.88 Å². The Labute approximate surface area is 115 Å². The molecule has 0 aliphatic carbocycles. The second-order valence-corrected chi connectivity index (χ2v) is 7.09. The molecule has 0 aromatic heterocycles. The van der Waals surface area contributed by atoms with Crippen molar-refractivity contribution in [1.29, 1.82) is 5.26 Å². The van der Waals surface area contributed by atoms with Crippen LogP contribution in [-0.2, 0) is 15.7 Å². The van der Waals surface area contributed by atoms with E-state index in [2.05, 4.69) is 0 Å². The number of hydrogen-bond acceptors (Lipinski definition) is 3. The number of rotatable bonds is 4. The van der Waals surface area contributed by atoms with Crippen molar-refractivity contribution in [2.45, 2.75) is 15.1 Å². The van der Waals surface area contributed by atoms with E-state index < -0.39 is 19.9 Å². The van der Waals surface area contributed by atoms with Gasteiger partial charge in [0.1, 0.15) is 11.8 Å². The molecular weight excluding hydrogens is 305 g/mol. The maximum Gasteiger partial charge on any atom is 0.217 e. The van der Waals surface area contributed by atoms with Crippen LogP contribution >= 0.6 is 34.8 Å². The van der Waals surface area contributed by atoms with Crippen molar-refractivity contribution >= 4 is 44.6 Å². The van der Waals surface area contributed by atoms with Crippen LogP contribution < -0.4 is 0 Å². The predicted molar refractivity (Wildman–Crippen MR) is 68.1 cm³/mol. The van der Waals surface area contributed by atoms with Gasteiger partial charge in [0.25, 0.3) is 0 Å².